The van der Waals surface area contributed by atoms with E-state index in [1.807, 2.05) is 19.2 Å². The van der Waals surface area contributed by atoms with Crippen molar-refractivity contribution in [1.82, 2.24) is 4.90 Å². The van der Waals surface area contributed by atoms with E-state index in [9.17, 15) is 4.79 Å². The molecule has 6 heteroatoms. The average Bonchev–Trinajstić information content (AvgIpc) is 3.06. The van der Waals surface area contributed by atoms with Crippen LogP contribution in [0.3, 0.4) is 0 Å². The van der Waals surface area contributed by atoms with Crippen molar-refractivity contribution < 1.29 is 14.3 Å². The summed E-state index contributed by atoms with van der Waals surface area (Å²) in [6.07, 6.45) is 2.35. The number of carbonyl (C=O) groups excluding carboxylic acids is 1. The minimum absolute atomic E-state index is 0. The number of carbonyl (C=O) groups is 1. The van der Waals surface area contributed by atoms with Crippen LogP contribution in [-0.2, 0) is 4.74 Å². The summed E-state index contributed by atoms with van der Waals surface area (Å²) in [4.78, 5) is 14.2. The summed E-state index contributed by atoms with van der Waals surface area (Å²) in [7, 11) is 1.81. The highest BCUT2D eigenvalue weighted by atomic mass is 35.5. The molecule has 1 aromatic carbocycles. The van der Waals surface area contributed by atoms with Gasteiger partial charge in [0.15, 0.2) is 0 Å². The van der Waals surface area contributed by atoms with Crippen LogP contribution in [-0.4, -0.2) is 50.3 Å². The van der Waals surface area contributed by atoms with Crippen molar-refractivity contribution in [1.29, 1.82) is 0 Å². The van der Waals surface area contributed by atoms with Gasteiger partial charge in [-0.25, -0.2) is 0 Å². The number of hydrogen-bond acceptors (Lipinski definition) is 4. The molecule has 1 saturated heterocycles. The van der Waals surface area contributed by atoms with Gasteiger partial charge < -0.3 is 20.1 Å². The highest BCUT2D eigenvalue weighted by Gasteiger charge is 2.22. The van der Waals surface area contributed by atoms with Crippen molar-refractivity contribution in [3.05, 3.63) is 29.8 Å². The maximum atomic E-state index is 12.4. The highest BCUT2D eigenvalue weighted by Crippen LogP contribution is 2.19. The minimum atomic E-state index is -0.0885. The monoisotopic (exact) mass is 356 g/mol. The number of amides is 1. The average molecular weight is 357 g/mol. The first kappa shape index (κ1) is 20.7. The first-order valence-corrected chi connectivity index (χ1v) is 8.21. The topological polar surface area (TPSA) is 64.8 Å². The second kappa shape index (κ2) is 9.25. The van der Waals surface area contributed by atoms with E-state index >= 15 is 0 Å². The summed E-state index contributed by atoms with van der Waals surface area (Å²) in [5.74, 6) is 0.763. The Morgan fingerprint density at radius 2 is 2.04 bits per heavy atom. The van der Waals surface area contributed by atoms with Gasteiger partial charge in [-0.05, 0) is 49.1 Å². The third-order valence-electron chi connectivity index (χ3n) is 4.13. The van der Waals surface area contributed by atoms with Gasteiger partial charge in [-0.3, -0.25) is 4.79 Å². The van der Waals surface area contributed by atoms with E-state index < -0.39 is 0 Å². The Hall–Kier alpha value is -1.30. The van der Waals surface area contributed by atoms with Crippen LogP contribution in [0.15, 0.2) is 24.3 Å². The van der Waals surface area contributed by atoms with Crippen molar-refractivity contribution in [2.45, 2.75) is 32.8 Å². The Morgan fingerprint density at radius 1 is 1.38 bits per heavy atom. The van der Waals surface area contributed by atoms with Gasteiger partial charge in [0.25, 0.3) is 5.91 Å². The van der Waals surface area contributed by atoms with E-state index in [2.05, 4.69) is 13.8 Å². The number of rotatable bonds is 7. The Labute approximate surface area is 150 Å². The molecule has 1 unspecified atom stereocenters. The zero-order valence-corrected chi connectivity index (χ0v) is 15.6. The van der Waals surface area contributed by atoms with E-state index in [0.29, 0.717) is 25.3 Å². The van der Waals surface area contributed by atoms with Crippen LogP contribution in [0, 0.1) is 5.41 Å². The molecule has 1 aliphatic heterocycles. The number of nitrogens with zero attached hydrogens (tertiary/aromatic N) is 1. The van der Waals surface area contributed by atoms with E-state index in [1.54, 1.807) is 17.0 Å². The normalized spacial score (nSPS) is 17.2. The standard InChI is InChI=1S/C18H28N2O3.ClH/c1-18(2,12-19)13-20(3)17(21)14-6-8-15(9-7-14)23-11-16-5-4-10-22-16;/h6-9,16H,4-5,10-13,19H2,1-3H3;1H. The zero-order chi connectivity index (χ0) is 16.9. The quantitative estimate of drug-likeness (QED) is 0.815. The molecule has 1 heterocycles. The maximum absolute atomic E-state index is 12.4. The van der Waals surface area contributed by atoms with Gasteiger partial charge >= 0.3 is 0 Å². The molecule has 136 valence electrons. The molecule has 1 atom stereocenters. The molecule has 24 heavy (non-hydrogen) atoms. The van der Waals surface area contributed by atoms with Crippen molar-refractivity contribution in [2.24, 2.45) is 11.1 Å². The maximum Gasteiger partial charge on any atom is 0.253 e. The van der Waals surface area contributed by atoms with Crippen LogP contribution < -0.4 is 10.5 Å². The lowest BCUT2D eigenvalue weighted by Gasteiger charge is -2.29. The summed E-state index contributed by atoms with van der Waals surface area (Å²) in [5, 5.41) is 0. The molecule has 0 aromatic heterocycles. The largest absolute Gasteiger partial charge is 0.491 e. The Morgan fingerprint density at radius 3 is 2.58 bits per heavy atom. The summed E-state index contributed by atoms with van der Waals surface area (Å²) in [5.41, 5.74) is 6.30. The Bertz CT molecular complexity index is 514. The Kier molecular flexibility index (Phi) is 8.00. The van der Waals surface area contributed by atoms with Gasteiger partial charge in [0, 0.05) is 25.8 Å². The van der Waals surface area contributed by atoms with Crippen LogP contribution >= 0.6 is 12.4 Å². The Balaban J connectivity index is 0.00000288. The molecule has 0 radical (unpaired) electrons. The summed E-state index contributed by atoms with van der Waals surface area (Å²) in [6, 6.07) is 7.28. The van der Waals surface area contributed by atoms with Crippen molar-refractivity contribution in [3.63, 3.8) is 0 Å². The molecule has 5 nitrogen and oxygen atoms in total. The minimum Gasteiger partial charge on any atom is -0.491 e. The van der Waals surface area contributed by atoms with Gasteiger partial charge in [-0.15, -0.1) is 12.4 Å². The molecule has 1 aromatic rings. The summed E-state index contributed by atoms with van der Waals surface area (Å²) < 4.78 is 11.2. The molecule has 1 aliphatic rings. The first-order chi connectivity index (χ1) is 10.9. The lowest BCUT2D eigenvalue weighted by Crippen LogP contribution is -2.39. The van der Waals surface area contributed by atoms with E-state index in [1.165, 1.54) is 0 Å². The number of benzene rings is 1. The van der Waals surface area contributed by atoms with Crippen LogP contribution in [0.4, 0.5) is 0 Å². The van der Waals surface area contributed by atoms with Crippen molar-refractivity contribution in [2.75, 3.05) is 33.4 Å². The lowest BCUT2D eigenvalue weighted by molar-refractivity contribution is 0.0678. The first-order valence-electron chi connectivity index (χ1n) is 8.21. The van der Waals surface area contributed by atoms with Gasteiger partial charge in [0.1, 0.15) is 12.4 Å². The molecule has 1 fully saturated rings. The molecule has 0 spiro atoms. The fourth-order valence-electron chi connectivity index (χ4n) is 2.66. The second-order valence-corrected chi connectivity index (χ2v) is 7.00. The number of nitrogens with two attached hydrogens (primary N) is 1. The third kappa shape index (κ3) is 5.96. The predicted octanol–water partition coefficient (Wildman–Crippen LogP) is 2.72. The van der Waals surface area contributed by atoms with Crippen LogP contribution in [0.1, 0.15) is 37.0 Å². The summed E-state index contributed by atoms with van der Waals surface area (Å²) in [6.45, 7) is 6.67. The molecule has 0 bridgehead atoms. The fraction of sp³-hybridized carbons (Fsp3) is 0.611. The predicted molar refractivity (Wildman–Crippen MR) is 98.0 cm³/mol. The SMILES string of the molecule is CN(CC(C)(C)CN)C(=O)c1ccc(OCC2CCCO2)cc1.Cl. The molecule has 2 N–H and O–H groups in total. The molecule has 2 rings (SSSR count). The van der Waals surface area contributed by atoms with Crippen LogP contribution in [0.5, 0.6) is 5.75 Å². The number of ether oxygens (including phenoxy) is 2. The van der Waals surface area contributed by atoms with Gasteiger partial charge in [-0.1, -0.05) is 13.8 Å². The van der Waals surface area contributed by atoms with Gasteiger partial charge in [0.2, 0.25) is 0 Å². The smallest absolute Gasteiger partial charge is 0.253 e. The molecular formula is C18H29ClN2O3. The number of halogens is 1. The zero-order valence-electron chi connectivity index (χ0n) is 14.8. The van der Waals surface area contributed by atoms with E-state index in [0.717, 1.165) is 25.2 Å². The molecule has 0 saturated carbocycles. The fourth-order valence-corrected chi connectivity index (χ4v) is 2.66. The van der Waals surface area contributed by atoms with E-state index in [4.69, 9.17) is 15.2 Å². The van der Waals surface area contributed by atoms with E-state index in [-0.39, 0.29) is 29.8 Å². The molecule has 0 aliphatic carbocycles. The van der Waals surface area contributed by atoms with Crippen LogP contribution in [0.2, 0.25) is 0 Å². The lowest BCUT2D eigenvalue weighted by atomic mass is 9.93. The second-order valence-electron chi connectivity index (χ2n) is 7.00. The van der Waals surface area contributed by atoms with Gasteiger partial charge in [-0.2, -0.15) is 0 Å². The van der Waals surface area contributed by atoms with Crippen molar-refractivity contribution in [3.8, 4) is 5.75 Å². The molecule has 1 amide bonds. The highest BCUT2D eigenvalue weighted by molar-refractivity contribution is 5.94. The summed E-state index contributed by atoms with van der Waals surface area (Å²) >= 11 is 0. The van der Waals surface area contributed by atoms with Gasteiger partial charge in [0.05, 0.1) is 6.10 Å². The number of hydrogen-bond donors (Lipinski definition) is 1. The third-order valence-corrected chi connectivity index (χ3v) is 4.13. The van der Waals surface area contributed by atoms with Crippen LogP contribution in [0.25, 0.3) is 0 Å². The molecular weight excluding hydrogens is 328 g/mol. The van der Waals surface area contributed by atoms with Crippen molar-refractivity contribution >= 4 is 18.3 Å².